The molecule has 6 nitrogen and oxygen atoms in total. The van der Waals surface area contributed by atoms with Crippen molar-refractivity contribution in [3.05, 3.63) is 47.0 Å². The van der Waals surface area contributed by atoms with Crippen molar-refractivity contribution >= 4 is 28.6 Å². The van der Waals surface area contributed by atoms with Crippen LogP contribution in [0.5, 0.6) is 0 Å². The average Bonchev–Trinajstić information content (AvgIpc) is 2.79. The lowest BCUT2D eigenvalue weighted by Gasteiger charge is -2.42. The average molecular weight is 424 g/mol. The van der Waals surface area contributed by atoms with Gasteiger partial charge < -0.3 is 15.1 Å². The third kappa shape index (κ3) is 4.29. The van der Waals surface area contributed by atoms with E-state index in [-0.39, 0.29) is 34.7 Å². The van der Waals surface area contributed by atoms with E-state index >= 15 is 0 Å². The van der Waals surface area contributed by atoms with Crippen LogP contribution in [0.4, 0.5) is 0 Å². The first-order valence-corrected chi connectivity index (χ1v) is 11.3. The first kappa shape index (κ1) is 21.3. The maximum absolute atomic E-state index is 14.1. The number of carbonyl (C=O) groups excluding carboxylic acids is 1. The lowest BCUT2D eigenvalue weighted by Crippen LogP contribution is -2.49. The number of nitrogens with zero attached hydrogens (tertiary/aromatic N) is 1. The van der Waals surface area contributed by atoms with E-state index in [2.05, 4.69) is 0 Å². The van der Waals surface area contributed by atoms with E-state index in [0.717, 1.165) is 51.4 Å². The monoisotopic (exact) mass is 423 g/mol. The standard InChI is InChI=1S/C25H29NO5/c27-23(26(18-7-3-1-4-8-18)19-9-5-2-6-10-19)22-20(25(30)31)14-13-16-11-12-17(24(28)29)15-21(16)22/h11-15,18-19H,1-10H2,(H,28,29)(H,30,31). The second kappa shape index (κ2) is 9.08. The predicted octanol–water partition coefficient (Wildman–Crippen LogP) is 5.34. The molecule has 0 heterocycles. The molecule has 4 rings (SSSR count). The van der Waals surface area contributed by atoms with E-state index in [0.29, 0.717) is 10.8 Å². The van der Waals surface area contributed by atoms with Crippen LogP contribution < -0.4 is 0 Å². The predicted molar refractivity (Wildman–Crippen MR) is 118 cm³/mol. The van der Waals surface area contributed by atoms with Gasteiger partial charge in [-0.1, -0.05) is 50.7 Å². The molecule has 164 valence electrons. The summed E-state index contributed by atoms with van der Waals surface area (Å²) in [5.41, 5.74) is 0.117. The van der Waals surface area contributed by atoms with Crippen LogP contribution in [0.15, 0.2) is 30.3 Å². The Labute approximate surface area is 181 Å². The summed E-state index contributed by atoms with van der Waals surface area (Å²) in [6, 6.07) is 7.92. The number of aromatic carboxylic acids is 2. The minimum Gasteiger partial charge on any atom is -0.478 e. The van der Waals surface area contributed by atoms with Gasteiger partial charge in [0.15, 0.2) is 0 Å². The van der Waals surface area contributed by atoms with Crippen LogP contribution in [0.25, 0.3) is 10.8 Å². The largest absolute Gasteiger partial charge is 0.478 e. The van der Waals surface area contributed by atoms with Gasteiger partial charge in [-0.3, -0.25) is 4.79 Å². The summed E-state index contributed by atoms with van der Waals surface area (Å²) in [5.74, 6) is -2.53. The smallest absolute Gasteiger partial charge is 0.336 e. The number of hydrogen-bond acceptors (Lipinski definition) is 3. The minimum absolute atomic E-state index is 0.0472. The van der Waals surface area contributed by atoms with E-state index < -0.39 is 11.9 Å². The molecule has 0 saturated heterocycles. The number of rotatable bonds is 5. The third-order valence-corrected chi connectivity index (χ3v) is 6.88. The molecule has 2 N–H and O–H groups in total. The fraction of sp³-hybridized carbons (Fsp3) is 0.480. The molecule has 2 aliphatic carbocycles. The maximum Gasteiger partial charge on any atom is 0.336 e. The molecule has 0 unspecified atom stereocenters. The third-order valence-electron chi connectivity index (χ3n) is 6.88. The van der Waals surface area contributed by atoms with E-state index in [1.54, 1.807) is 12.1 Å². The number of hydrogen-bond donors (Lipinski definition) is 2. The zero-order chi connectivity index (χ0) is 22.0. The normalized spacial score (nSPS) is 18.1. The zero-order valence-corrected chi connectivity index (χ0v) is 17.7. The van der Waals surface area contributed by atoms with Crippen molar-refractivity contribution in [1.29, 1.82) is 0 Å². The second-order valence-electron chi connectivity index (χ2n) is 8.83. The molecule has 0 aromatic heterocycles. The van der Waals surface area contributed by atoms with Crippen molar-refractivity contribution in [3.63, 3.8) is 0 Å². The molecule has 0 aliphatic heterocycles. The topological polar surface area (TPSA) is 94.9 Å². The summed E-state index contributed by atoms with van der Waals surface area (Å²) >= 11 is 0. The Morgan fingerprint density at radius 3 is 1.81 bits per heavy atom. The van der Waals surface area contributed by atoms with Gasteiger partial charge in [-0.05, 0) is 54.7 Å². The molecular formula is C25H29NO5. The first-order valence-electron chi connectivity index (χ1n) is 11.3. The zero-order valence-electron chi connectivity index (χ0n) is 17.7. The molecule has 2 aliphatic rings. The molecule has 31 heavy (non-hydrogen) atoms. The lowest BCUT2D eigenvalue weighted by atomic mass is 9.87. The Morgan fingerprint density at radius 1 is 0.742 bits per heavy atom. The summed E-state index contributed by atoms with van der Waals surface area (Å²) in [6.07, 6.45) is 10.4. The highest BCUT2D eigenvalue weighted by atomic mass is 16.4. The van der Waals surface area contributed by atoms with Crippen LogP contribution in [0.3, 0.4) is 0 Å². The Hall–Kier alpha value is -2.89. The molecule has 0 bridgehead atoms. The van der Waals surface area contributed by atoms with Crippen LogP contribution >= 0.6 is 0 Å². The van der Waals surface area contributed by atoms with Crippen LogP contribution in [-0.4, -0.2) is 45.0 Å². The highest BCUT2D eigenvalue weighted by Gasteiger charge is 2.35. The van der Waals surface area contributed by atoms with Gasteiger partial charge in [-0.2, -0.15) is 0 Å². The van der Waals surface area contributed by atoms with E-state index in [4.69, 9.17) is 0 Å². The summed E-state index contributed by atoms with van der Waals surface area (Å²) in [7, 11) is 0. The van der Waals surface area contributed by atoms with Crippen molar-refractivity contribution in [2.45, 2.75) is 76.3 Å². The number of carboxylic acid groups (broad SMARTS) is 2. The van der Waals surface area contributed by atoms with Crippen molar-refractivity contribution in [3.8, 4) is 0 Å². The van der Waals surface area contributed by atoms with Gasteiger partial charge in [0.05, 0.1) is 16.7 Å². The molecule has 2 saturated carbocycles. The molecule has 0 spiro atoms. The van der Waals surface area contributed by atoms with Crippen molar-refractivity contribution in [1.82, 2.24) is 4.90 Å². The minimum atomic E-state index is -1.17. The highest BCUT2D eigenvalue weighted by molar-refractivity contribution is 6.15. The Morgan fingerprint density at radius 2 is 1.29 bits per heavy atom. The van der Waals surface area contributed by atoms with Crippen molar-refractivity contribution in [2.24, 2.45) is 0 Å². The van der Waals surface area contributed by atoms with Crippen LogP contribution in [0, 0.1) is 0 Å². The first-order chi connectivity index (χ1) is 15.0. The van der Waals surface area contributed by atoms with Crippen molar-refractivity contribution < 1.29 is 24.6 Å². The Bertz CT molecular complexity index is 979. The molecule has 0 atom stereocenters. The lowest BCUT2D eigenvalue weighted by molar-refractivity contribution is 0.0443. The number of carboxylic acids is 2. The molecular weight excluding hydrogens is 394 g/mol. The van der Waals surface area contributed by atoms with Gasteiger partial charge in [-0.25, -0.2) is 9.59 Å². The number of amides is 1. The fourth-order valence-electron chi connectivity index (χ4n) is 5.34. The van der Waals surface area contributed by atoms with Crippen LogP contribution in [0.2, 0.25) is 0 Å². The van der Waals surface area contributed by atoms with Gasteiger partial charge >= 0.3 is 11.9 Å². The Kier molecular flexibility index (Phi) is 6.25. The number of fused-ring (bicyclic) bond motifs is 1. The number of benzene rings is 2. The molecule has 6 heteroatoms. The summed E-state index contributed by atoms with van der Waals surface area (Å²) < 4.78 is 0. The van der Waals surface area contributed by atoms with E-state index in [9.17, 15) is 24.6 Å². The summed E-state index contributed by atoms with van der Waals surface area (Å²) in [6.45, 7) is 0. The van der Waals surface area contributed by atoms with Crippen LogP contribution in [-0.2, 0) is 0 Å². The maximum atomic E-state index is 14.1. The van der Waals surface area contributed by atoms with E-state index in [1.165, 1.54) is 31.0 Å². The summed E-state index contributed by atoms with van der Waals surface area (Å²) in [4.78, 5) is 39.7. The second-order valence-corrected chi connectivity index (χ2v) is 8.83. The van der Waals surface area contributed by atoms with Gasteiger partial charge in [0.2, 0.25) is 0 Å². The molecule has 2 aromatic rings. The van der Waals surface area contributed by atoms with E-state index in [1.807, 2.05) is 4.90 Å². The van der Waals surface area contributed by atoms with Gasteiger partial charge in [0.25, 0.3) is 5.91 Å². The molecule has 0 radical (unpaired) electrons. The quantitative estimate of drug-likeness (QED) is 0.676. The molecule has 2 aromatic carbocycles. The molecule has 1 amide bonds. The molecule has 2 fully saturated rings. The van der Waals surface area contributed by atoms with Crippen LogP contribution in [0.1, 0.15) is 95.3 Å². The highest BCUT2D eigenvalue weighted by Crippen LogP contribution is 2.34. The van der Waals surface area contributed by atoms with Gasteiger partial charge in [0.1, 0.15) is 0 Å². The van der Waals surface area contributed by atoms with Crippen molar-refractivity contribution in [2.75, 3.05) is 0 Å². The number of carbonyl (C=O) groups is 3. The summed E-state index contributed by atoms with van der Waals surface area (Å²) in [5, 5.41) is 20.4. The fourth-order valence-corrected chi connectivity index (χ4v) is 5.34. The van der Waals surface area contributed by atoms with Gasteiger partial charge in [-0.15, -0.1) is 0 Å². The van der Waals surface area contributed by atoms with Gasteiger partial charge in [0, 0.05) is 12.1 Å². The Balaban J connectivity index is 1.87. The SMILES string of the molecule is O=C(O)c1ccc2ccc(C(=O)O)c(C(=O)N(C3CCCCC3)C3CCCCC3)c2c1.